The Balaban J connectivity index is 3.13. The maximum absolute atomic E-state index is 5.95. The lowest BCUT2D eigenvalue weighted by molar-refractivity contribution is -0.0294. The molecule has 1 aromatic rings. The van der Waals surface area contributed by atoms with Gasteiger partial charge >= 0.3 is 0 Å². The van der Waals surface area contributed by atoms with Gasteiger partial charge in [0.1, 0.15) is 5.82 Å². The smallest absolute Gasteiger partial charge is 0.128 e. The van der Waals surface area contributed by atoms with Crippen molar-refractivity contribution in [1.82, 2.24) is 10.3 Å². The van der Waals surface area contributed by atoms with Crippen LogP contribution in [0.2, 0.25) is 0 Å². The second-order valence-electron chi connectivity index (χ2n) is 4.34. The number of hydrogen-bond donors (Lipinski definition) is 2. The number of hydrogen-bond acceptors (Lipinski definition) is 4. The minimum atomic E-state index is -0.285. The number of nitrogen functional groups attached to an aromatic ring is 1. The standard InChI is InChI=1S/C13H23N3O/c1-5-13(3,17-4)11(15-6-2)10-8-7-9-16-12(10)14/h7-9,11,15H,5-6H2,1-4H3,(H2,14,16). The number of aromatic nitrogens is 1. The molecular weight excluding hydrogens is 214 g/mol. The maximum atomic E-state index is 5.95. The van der Waals surface area contributed by atoms with Gasteiger partial charge in [-0.25, -0.2) is 4.98 Å². The second-order valence-corrected chi connectivity index (χ2v) is 4.34. The molecule has 0 aliphatic rings. The van der Waals surface area contributed by atoms with Crippen LogP contribution >= 0.6 is 0 Å². The molecule has 0 aliphatic heterocycles. The molecular formula is C13H23N3O. The number of ether oxygens (including phenoxy) is 1. The van der Waals surface area contributed by atoms with E-state index < -0.39 is 0 Å². The third-order valence-electron chi connectivity index (χ3n) is 3.37. The molecule has 0 radical (unpaired) electrons. The first-order chi connectivity index (χ1) is 8.09. The van der Waals surface area contributed by atoms with E-state index >= 15 is 0 Å². The van der Waals surface area contributed by atoms with E-state index in [0.717, 1.165) is 18.5 Å². The van der Waals surface area contributed by atoms with Crippen LogP contribution in [0.4, 0.5) is 5.82 Å². The number of nitrogens with one attached hydrogen (secondary N) is 1. The van der Waals surface area contributed by atoms with Crippen molar-refractivity contribution in [3.63, 3.8) is 0 Å². The third-order valence-corrected chi connectivity index (χ3v) is 3.37. The van der Waals surface area contributed by atoms with Gasteiger partial charge < -0.3 is 15.8 Å². The number of rotatable bonds is 6. The molecule has 2 atom stereocenters. The van der Waals surface area contributed by atoms with Crippen molar-refractivity contribution in [2.75, 3.05) is 19.4 Å². The summed E-state index contributed by atoms with van der Waals surface area (Å²) in [6.45, 7) is 7.14. The number of nitrogens with zero attached hydrogens (tertiary/aromatic N) is 1. The van der Waals surface area contributed by atoms with Crippen molar-refractivity contribution in [3.8, 4) is 0 Å². The van der Waals surface area contributed by atoms with E-state index in [2.05, 4.69) is 31.1 Å². The quantitative estimate of drug-likeness (QED) is 0.795. The zero-order valence-electron chi connectivity index (χ0n) is 11.2. The molecule has 1 heterocycles. The fourth-order valence-corrected chi connectivity index (χ4v) is 2.00. The molecule has 2 unspecified atom stereocenters. The average molecular weight is 237 g/mol. The zero-order chi connectivity index (χ0) is 12.9. The Morgan fingerprint density at radius 2 is 2.24 bits per heavy atom. The van der Waals surface area contributed by atoms with Crippen LogP contribution in [0, 0.1) is 0 Å². The van der Waals surface area contributed by atoms with Crippen molar-refractivity contribution >= 4 is 5.82 Å². The van der Waals surface area contributed by atoms with Crippen molar-refractivity contribution in [2.24, 2.45) is 0 Å². The Kier molecular flexibility index (Phi) is 4.90. The number of methoxy groups -OCH3 is 1. The highest BCUT2D eigenvalue weighted by molar-refractivity contribution is 5.42. The van der Waals surface area contributed by atoms with E-state index in [0.29, 0.717) is 5.82 Å². The molecule has 0 bridgehead atoms. The minimum Gasteiger partial charge on any atom is -0.383 e. The third kappa shape index (κ3) is 2.96. The van der Waals surface area contributed by atoms with Gasteiger partial charge in [0.2, 0.25) is 0 Å². The molecule has 0 fully saturated rings. The van der Waals surface area contributed by atoms with Crippen LogP contribution < -0.4 is 11.1 Å². The highest BCUT2D eigenvalue weighted by atomic mass is 16.5. The Labute approximate surface area is 104 Å². The molecule has 96 valence electrons. The van der Waals surface area contributed by atoms with Gasteiger partial charge in [-0.2, -0.15) is 0 Å². The Bertz CT molecular complexity index is 350. The predicted molar refractivity (Wildman–Crippen MR) is 70.8 cm³/mol. The van der Waals surface area contributed by atoms with Crippen LogP contribution in [-0.4, -0.2) is 24.2 Å². The summed E-state index contributed by atoms with van der Waals surface area (Å²) in [5.41, 5.74) is 6.67. The monoisotopic (exact) mass is 237 g/mol. The van der Waals surface area contributed by atoms with Crippen molar-refractivity contribution in [2.45, 2.75) is 38.8 Å². The Morgan fingerprint density at radius 1 is 1.53 bits per heavy atom. The van der Waals surface area contributed by atoms with Crippen LogP contribution in [0.25, 0.3) is 0 Å². The Hall–Kier alpha value is -1.13. The van der Waals surface area contributed by atoms with Crippen molar-refractivity contribution in [3.05, 3.63) is 23.9 Å². The molecule has 4 nitrogen and oxygen atoms in total. The molecule has 0 saturated heterocycles. The van der Waals surface area contributed by atoms with Gasteiger partial charge in [0.05, 0.1) is 11.6 Å². The molecule has 0 spiro atoms. The van der Waals surface area contributed by atoms with E-state index in [1.165, 1.54) is 0 Å². The highest BCUT2D eigenvalue weighted by Gasteiger charge is 2.34. The second kappa shape index (κ2) is 5.98. The molecule has 4 heteroatoms. The zero-order valence-corrected chi connectivity index (χ0v) is 11.2. The molecule has 0 aliphatic carbocycles. The van der Waals surface area contributed by atoms with Gasteiger partial charge in [0, 0.05) is 18.9 Å². The number of pyridine rings is 1. The summed E-state index contributed by atoms with van der Waals surface area (Å²) in [7, 11) is 1.74. The average Bonchev–Trinajstić information content (AvgIpc) is 2.36. The fraction of sp³-hybridized carbons (Fsp3) is 0.615. The Morgan fingerprint density at radius 3 is 2.71 bits per heavy atom. The molecule has 1 aromatic heterocycles. The van der Waals surface area contributed by atoms with Gasteiger partial charge in [-0.3, -0.25) is 0 Å². The van der Waals surface area contributed by atoms with Crippen molar-refractivity contribution < 1.29 is 4.74 Å². The summed E-state index contributed by atoms with van der Waals surface area (Å²) in [6, 6.07) is 3.96. The van der Waals surface area contributed by atoms with E-state index in [9.17, 15) is 0 Å². The summed E-state index contributed by atoms with van der Waals surface area (Å²) < 4.78 is 5.67. The predicted octanol–water partition coefficient (Wildman–Crippen LogP) is 2.13. The van der Waals surface area contributed by atoms with Crippen molar-refractivity contribution in [1.29, 1.82) is 0 Å². The lowest BCUT2D eigenvalue weighted by atomic mass is 9.87. The molecule has 17 heavy (non-hydrogen) atoms. The molecule has 0 saturated carbocycles. The summed E-state index contributed by atoms with van der Waals surface area (Å²) >= 11 is 0. The van der Waals surface area contributed by atoms with Gasteiger partial charge in [0.25, 0.3) is 0 Å². The lowest BCUT2D eigenvalue weighted by Gasteiger charge is -2.36. The molecule has 0 aromatic carbocycles. The van der Waals surface area contributed by atoms with Crippen LogP contribution in [0.1, 0.15) is 38.8 Å². The van der Waals surface area contributed by atoms with Crippen LogP contribution in [0.15, 0.2) is 18.3 Å². The van der Waals surface area contributed by atoms with E-state index in [4.69, 9.17) is 10.5 Å². The fourth-order valence-electron chi connectivity index (χ4n) is 2.00. The lowest BCUT2D eigenvalue weighted by Crippen LogP contribution is -2.43. The van der Waals surface area contributed by atoms with Gasteiger partial charge in [-0.05, 0) is 26.0 Å². The van der Waals surface area contributed by atoms with Gasteiger partial charge in [-0.15, -0.1) is 0 Å². The molecule has 1 rings (SSSR count). The van der Waals surface area contributed by atoms with E-state index in [-0.39, 0.29) is 11.6 Å². The molecule has 3 N–H and O–H groups in total. The number of nitrogens with two attached hydrogens (primary N) is 1. The largest absolute Gasteiger partial charge is 0.383 e. The van der Waals surface area contributed by atoms with E-state index in [1.807, 2.05) is 12.1 Å². The van der Waals surface area contributed by atoms with Crippen LogP contribution in [-0.2, 0) is 4.74 Å². The minimum absolute atomic E-state index is 0.0520. The summed E-state index contributed by atoms with van der Waals surface area (Å²) in [5, 5.41) is 3.44. The number of likely N-dealkylation sites (N-methyl/N-ethyl adjacent to an activating group) is 1. The first-order valence-corrected chi connectivity index (χ1v) is 6.08. The van der Waals surface area contributed by atoms with E-state index in [1.54, 1.807) is 13.3 Å². The molecule has 0 amide bonds. The summed E-state index contributed by atoms with van der Waals surface area (Å²) in [6.07, 6.45) is 2.60. The number of anilines is 1. The summed E-state index contributed by atoms with van der Waals surface area (Å²) in [4.78, 5) is 4.15. The SMILES string of the molecule is CCNC(c1cccnc1N)C(C)(CC)OC. The normalized spacial score (nSPS) is 16.5. The highest BCUT2D eigenvalue weighted by Crippen LogP contribution is 2.33. The summed E-state index contributed by atoms with van der Waals surface area (Å²) in [5.74, 6) is 0.565. The maximum Gasteiger partial charge on any atom is 0.128 e. The van der Waals surface area contributed by atoms with Gasteiger partial charge in [0.15, 0.2) is 0 Å². The van der Waals surface area contributed by atoms with Crippen LogP contribution in [0.5, 0.6) is 0 Å². The first kappa shape index (κ1) is 13.9. The van der Waals surface area contributed by atoms with Gasteiger partial charge in [-0.1, -0.05) is 19.9 Å². The topological polar surface area (TPSA) is 60.2 Å². The first-order valence-electron chi connectivity index (χ1n) is 6.08. The van der Waals surface area contributed by atoms with Crippen LogP contribution in [0.3, 0.4) is 0 Å².